The van der Waals surface area contributed by atoms with Gasteiger partial charge in [0.05, 0.1) is 21.7 Å². The number of benzene rings is 1. The van der Waals surface area contributed by atoms with E-state index in [0.717, 1.165) is 23.5 Å². The lowest BCUT2D eigenvalue weighted by Crippen LogP contribution is -2.17. The van der Waals surface area contributed by atoms with Gasteiger partial charge < -0.3 is 5.32 Å². The van der Waals surface area contributed by atoms with E-state index in [9.17, 15) is 22.0 Å². The second-order valence-electron chi connectivity index (χ2n) is 5.27. The van der Waals surface area contributed by atoms with Gasteiger partial charge in [-0.15, -0.1) is 0 Å². The monoisotopic (exact) mass is 346 g/mol. The topological polar surface area (TPSA) is 76.1 Å². The van der Waals surface area contributed by atoms with Crippen LogP contribution in [0.5, 0.6) is 0 Å². The van der Waals surface area contributed by atoms with Crippen molar-refractivity contribution in [1.82, 2.24) is 4.98 Å². The fourth-order valence-corrected chi connectivity index (χ4v) is 5.19. The lowest BCUT2D eigenvalue weighted by Gasteiger charge is -2.06. The third kappa shape index (κ3) is 3.25. The van der Waals surface area contributed by atoms with Crippen LogP contribution >= 0.6 is 11.3 Å². The van der Waals surface area contributed by atoms with Gasteiger partial charge in [0.25, 0.3) is 0 Å². The smallest absolute Gasteiger partial charge is 0.226 e. The van der Waals surface area contributed by atoms with E-state index in [1.54, 1.807) is 0 Å². The number of nitrogens with one attached hydrogen (secondary N) is 1. The Morgan fingerprint density at radius 1 is 1.36 bits per heavy atom. The molecule has 0 spiro atoms. The van der Waals surface area contributed by atoms with Crippen molar-refractivity contribution in [2.45, 2.75) is 12.8 Å². The predicted octanol–water partition coefficient (Wildman–Crippen LogP) is 2.34. The van der Waals surface area contributed by atoms with Crippen molar-refractivity contribution in [1.29, 1.82) is 0 Å². The van der Waals surface area contributed by atoms with Gasteiger partial charge >= 0.3 is 0 Å². The molecular formula is C13H12F2N2O3S2. The Morgan fingerprint density at radius 2 is 2.09 bits per heavy atom. The predicted molar refractivity (Wildman–Crippen MR) is 79.5 cm³/mol. The van der Waals surface area contributed by atoms with E-state index in [1.165, 1.54) is 0 Å². The molecule has 1 fully saturated rings. The van der Waals surface area contributed by atoms with E-state index in [4.69, 9.17) is 0 Å². The lowest BCUT2D eigenvalue weighted by molar-refractivity contribution is -0.116. The summed E-state index contributed by atoms with van der Waals surface area (Å²) in [5.41, 5.74) is 0.266. The molecule has 0 unspecified atom stereocenters. The highest BCUT2D eigenvalue weighted by molar-refractivity contribution is 7.91. The molecule has 2 heterocycles. The van der Waals surface area contributed by atoms with Crippen LogP contribution in [0.3, 0.4) is 0 Å². The first-order valence-electron chi connectivity index (χ1n) is 6.58. The van der Waals surface area contributed by atoms with Crippen LogP contribution in [0, 0.1) is 17.6 Å². The Labute approximate surface area is 129 Å². The maximum absolute atomic E-state index is 13.1. The van der Waals surface area contributed by atoms with Crippen molar-refractivity contribution in [3.05, 3.63) is 23.8 Å². The van der Waals surface area contributed by atoms with Gasteiger partial charge in [-0.05, 0) is 18.4 Å². The first-order chi connectivity index (χ1) is 10.3. The van der Waals surface area contributed by atoms with E-state index < -0.39 is 21.5 Å². The summed E-state index contributed by atoms with van der Waals surface area (Å²) in [5, 5.41) is 2.79. The van der Waals surface area contributed by atoms with Crippen molar-refractivity contribution in [2.24, 2.45) is 5.92 Å². The van der Waals surface area contributed by atoms with E-state index >= 15 is 0 Å². The van der Waals surface area contributed by atoms with Gasteiger partial charge in [-0.2, -0.15) is 0 Å². The molecule has 1 aliphatic heterocycles. The molecule has 22 heavy (non-hydrogen) atoms. The van der Waals surface area contributed by atoms with Crippen LogP contribution in [0.2, 0.25) is 0 Å². The Kier molecular flexibility index (Phi) is 3.85. The zero-order chi connectivity index (χ0) is 15.9. The van der Waals surface area contributed by atoms with Crippen molar-refractivity contribution in [3.63, 3.8) is 0 Å². The number of thiazole rings is 1. The van der Waals surface area contributed by atoms with Gasteiger partial charge in [0.2, 0.25) is 5.91 Å². The van der Waals surface area contributed by atoms with E-state index in [0.29, 0.717) is 11.1 Å². The maximum Gasteiger partial charge on any atom is 0.226 e. The first kappa shape index (κ1) is 15.3. The molecule has 2 aromatic rings. The molecule has 0 bridgehead atoms. The summed E-state index contributed by atoms with van der Waals surface area (Å²) < 4.78 is 49.4. The summed E-state index contributed by atoms with van der Waals surface area (Å²) in [6.45, 7) is 0. The molecule has 0 saturated carbocycles. The molecule has 1 aromatic heterocycles. The van der Waals surface area contributed by atoms with E-state index in [2.05, 4.69) is 10.3 Å². The molecule has 1 aliphatic rings. The minimum atomic E-state index is -3.02. The number of carbonyl (C=O) groups excluding carboxylic acids is 1. The van der Waals surface area contributed by atoms with Gasteiger partial charge in [0, 0.05) is 12.5 Å². The molecule has 0 radical (unpaired) electrons. The quantitative estimate of drug-likeness (QED) is 0.925. The number of anilines is 1. The summed E-state index contributed by atoms with van der Waals surface area (Å²) in [7, 11) is -3.02. The fraction of sp³-hybridized carbons (Fsp3) is 0.385. The Bertz CT molecular complexity index is 809. The molecule has 1 atom stereocenters. The molecule has 9 heteroatoms. The second-order valence-corrected chi connectivity index (χ2v) is 8.53. The van der Waals surface area contributed by atoms with Gasteiger partial charge in [-0.25, -0.2) is 22.2 Å². The lowest BCUT2D eigenvalue weighted by atomic mass is 10.1. The van der Waals surface area contributed by atoms with E-state index in [-0.39, 0.29) is 40.4 Å². The van der Waals surface area contributed by atoms with E-state index in [1.807, 2.05) is 0 Å². The average Bonchev–Trinajstić information content (AvgIpc) is 2.92. The van der Waals surface area contributed by atoms with Crippen LogP contribution in [0.15, 0.2) is 12.1 Å². The summed E-state index contributed by atoms with van der Waals surface area (Å²) in [5.74, 6) is -2.35. The summed E-state index contributed by atoms with van der Waals surface area (Å²) in [4.78, 5) is 15.9. The highest BCUT2D eigenvalue weighted by atomic mass is 32.2. The minimum Gasteiger partial charge on any atom is -0.302 e. The number of fused-ring (bicyclic) bond motifs is 1. The van der Waals surface area contributed by atoms with Gasteiger partial charge in [0.15, 0.2) is 26.6 Å². The summed E-state index contributed by atoms with van der Waals surface area (Å²) in [6, 6.07) is 2.00. The highest BCUT2D eigenvalue weighted by Gasteiger charge is 2.29. The number of nitrogens with zero attached hydrogens (tertiary/aromatic N) is 1. The number of carbonyl (C=O) groups is 1. The number of hydrogen-bond donors (Lipinski definition) is 1. The molecule has 1 amide bonds. The number of sulfone groups is 1. The Morgan fingerprint density at radius 3 is 2.77 bits per heavy atom. The Balaban J connectivity index is 1.69. The maximum atomic E-state index is 13.1. The van der Waals surface area contributed by atoms with Crippen LogP contribution in [0.4, 0.5) is 13.9 Å². The molecule has 5 nitrogen and oxygen atoms in total. The molecular weight excluding hydrogens is 334 g/mol. The summed E-state index contributed by atoms with van der Waals surface area (Å²) in [6.07, 6.45) is 0.573. The van der Waals surface area contributed by atoms with Gasteiger partial charge in [-0.3, -0.25) is 4.79 Å². The fourth-order valence-electron chi connectivity index (χ4n) is 2.44. The second kappa shape index (κ2) is 5.54. The molecule has 1 N–H and O–H groups in total. The molecule has 0 aliphatic carbocycles. The van der Waals surface area contributed by atoms with Crippen molar-refractivity contribution in [3.8, 4) is 0 Å². The molecule has 1 saturated heterocycles. The van der Waals surface area contributed by atoms with Crippen molar-refractivity contribution < 1.29 is 22.0 Å². The minimum absolute atomic E-state index is 0.0245. The Hall–Kier alpha value is -1.61. The number of halogens is 2. The van der Waals surface area contributed by atoms with Crippen LogP contribution < -0.4 is 5.32 Å². The third-order valence-electron chi connectivity index (χ3n) is 3.48. The summed E-state index contributed by atoms with van der Waals surface area (Å²) >= 11 is 1.04. The number of amides is 1. The van der Waals surface area contributed by atoms with Crippen LogP contribution in [-0.2, 0) is 14.6 Å². The van der Waals surface area contributed by atoms with Crippen LogP contribution in [0.1, 0.15) is 12.8 Å². The molecule has 3 rings (SSSR count). The normalized spacial score (nSPS) is 20.4. The SMILES string of the molecule is O=C(C[C@H]1CCS(=O)(=O)C1)Nc1nc2cc(F)c(F)cc2s1. The average molecular weight is 346 g/mol. The van der Waals surface area contributed by atoms with Gasteiger partial charge in [-0.1, -0.05) is 11.3 Å². The highest BCUT2D eigenvalue weighted by Crippen LogP contribution is 2.28. The zero-order valence-electron chi connectivity index (χ0n) is 11.3. The van der Waals surface area contributed by atoms with Crippen molar-refractivity contribution >= 4 is 42.4 Å². The number of aromatic nitrogens is 1. The zero-order valence-corrected chi connectivity index (χ0v) is 12.9. The first-order valence-corrected chi connectivity index (χ1v) is 9.22. The number of rotatable bonds is 3. The largest absolute Gasteiger partial charge is 0.302 e. The van der Waals surface area contributed by atoms with Crippen LogP contribution in [-0.4, -0.2) is 30.8 Å². The standard InChI is InChI=1S/C13H12F2N2O3S2/c14-8-4-10-11(5-9(8)15)21-13(16-10)17-12(18)3-7-1-2-22(19,20)6-7/h4-5,7H,1-3,6H2,(H,16,17,18)/t7-/m1/s1. The third-order valence-corrected chi connectivity index (χ3v) is 6.25. The van der Waals surface area contributed by atoms with Crippen LogP contribution in [0.25, 0.3) is 10.2 Å². The number of hydrogen-bond acceptors (Lipinski definition) is 5. The van der Waals surface area contributed by atoms with Gasteiger partial charge in [0.1, 0.15) is 0 Å². The molecule has 1 aromatic carbocycles. The van der Waals surface area contributed by atoms with Crippen molar-refractivity contribution in [2.75, 3.05) is 16.8 Å². The molecule has 118 valence electrons.